The maximum absolute atomic E-state index is 9.77. The SMILES string of the molecule is C[C@H](N)CN.O=C(O)[C@@H](O)[C@H](O)C(=O)O.O=C(O)[C@@H](O)[C@H](O)C(=O)O. The van der Waals surface area contributed by atoms with E-state index in [-0.39, 0.29) is 6.04 Å². The third kappa shape index (κ3) is 14.9. The molecule has 0 aromatic rings. The van der Waals surface area contributed by atoms with Crippen molar-refractivity contribution < 1.29 is 60.0 Å². The zero-order valence-corrected chi connectivity index (χ0v) is 13.0. The van der Waals surface area contributed by atoms with Crippen molar-refractivity contribution >= 4 is 23.9 Å². The van der Waals surface area contributed by atoms with E-state index in [9.17, 15) is 19.2 Å². The fourth-order valence-corrected chi connectivity index (χ4v) is 0.540. The van der Waals surface area contributed by atoms with Gasteiger partial charge in [0, 0.05) is 12.6 Å². The largest absolute Gasteiger partial charge is 0.479 e. The summed E-state index contributed by atoms with van der Waals surface area (Å²) in [6.07, 6.45) is -9.06. The molecule has 0 heterocycles. The summed E-state index contributed by atoms with van der Waals surface area (Å²) in [5.74, 6) is -7.07. The molecular weight excluding hydrogens is 352 g/mol. The van der Waals surface area contributed by atoms with E-state index >= 15 is 0 Å². The number of carboxylic acids is 4. The Balaban J connectivity index is -0.000000308. The molecule has 0 aliphatic rings. The predicted octanol–water partition coefficient (Wildman–Crippen LogP) is -4.95. The fourth-order valence-electron chi connectivity index (χ4n) is 0.540. The first-order valence-electron chi connectivity index (χ1n) is 6.29. The maximum atomic E-state index is 9.77. The minimum atomic E-state index is -2.27. The van der Waals surface area contributed by atoms with Crippen LogP contribution in [0.3, 0.4) is 0 Å². The van der Waals surface area contributed by atoms with Crippen LogP contribution in [-0.2, 0) is 19.2 Å². The Kier molecular flexibility index (Phi) is 15.4. The molecule has 0 aliphatic carbocycles. The van der Waals surface area contributed by atoms with Crippen LogP contribution in [0.1, 0.15) is 6.92 Å². The van der Waals surface area contributed by atoms with Crippen LogP contribution in [-0.4, -0.2) is 102 Å². The summed E-state index contributed by atoms with van der Waals surface area (Å²) < 4.78 is 0. The summed E-state index contributed by atoms with van der Waals surface area (Å²) in [5, 5.41) is 65.1. The molecule has 0 bridgehead atoms. The Labute approximate surface area is 140 Å². The number of aliphatic carboxylic acids is 4. The molecule has 0 amide bonds. The molecule has 0 aromatic carbocycles. The maximum Gasteiger partial charge on any atom is 0.335 e. The number of nitrogens with two attached hydrogens (primary N) is 2. The van der Waals surface area contributed by atoms with Crippen LogP contribution >= 0.6 is 0 Å². The molecule has 14 heteroatoms. The van der Waals surface area contributed by atoms with Crippen LogP contribution in [0, 0.1) is 0 Å². The molecule has 0 rings (SSSR count). The normalized spacial score (nSPS) is 15.6. The van der Waals surface area contributed by atoms with Gasteiger partial charge in [-0.1, -0.05) is 0 Å². The van der Waals surface area contributed by atoms with Gasteiger partial charge in [-0.05, 0) is 6.92 Å². The van der Waals surface area contributed by atoms with Gasteiger partial charge in [-0.2, -0.15) is 0 Å². The number of carboxylic acid groups (broad SMARTS) is 4. The van der Waals surface area contributed by atoms with Crippen LogP contribution in [0.15, 0.2) is 0 Å². The summed E-state index contributed by atoms with van der Waals surface area (Å²) in [7, 11) is 0. The van der Waals surface area contributed by atoms with Gasteiger partial charge in [0.1, 0.15) is 0 Å². The van der Waals surface area contributed by atoms with E-state index in [1.807, 2.05) is 6.92 Å². The van der Waals surface area contributed by atoms with Crippen molar-refractivity contribution in [1.82, 2.24) is 0 Å². The van der Waals surface area contributed by atoms with Gasteiger partial charge >= 0.3 is 23.9 Å². The van der Waals surface area contributed by atoms with Crippen molar-refractivity contribution in [1.29, 1.82) is 0 Å². The molecule has 0 saturated heterocycles. The smallest absolute Gasteiger partial charge is 0.335 e. The average molecular weight is 374 g/mol. The minimum Gasteiger partial charge on any atom is -0.479 e. The Morgan fingerprint density at radius 1 is 0.680 bits per heavy atom. The molecule has 0 saturated carbocycles. The van der Waals surface area contributed by atoms with Crippen LogP contribution in [0.5, 0.6) is 0 Å². The van der Waals surface area contributed by atoms with E-state index < -0.39 is 48.3 Å². The van der Waals surface area contributed by atoms with E-state index in [1.165, 1.54) is 0 Å². The van der Waals surface area contributed by atoms with Gasteiger partial charge in [0.25, 0.3) is 0 Å². The second-order valence-corrected chi connectivity index (χ2v) is 4.35. The van der Waals surface area contributed by atoms with Crippen molar-refractivity contribution in [3.63, 3.8) is 0 Å². The number of aliphatic hydroxyl groups is 4. The lowest BCUT2D eigenvalue weighted by atomic mass is 10.2. The number of aliphatic hydroxyl groups excluding tert-OH is 4. The monoisotopic (exact) mass is 374 g/mol. The van der Waals surface area contributed by atoms with E-state index in [0.717, 1.165) is 0 Å². The third-order valence-electron chi connectivity index (χ3n) is 1.98. The lowest BCUT2D eigenvalue weighted by molar-refractivity contribution is -0.165. The van der Waals surface area contributed by atoms with E-state index in [1.54, 1.807) is 0 Å². The molecule has 5 atom stereocenters. The quantitative estimate of drug-likeness (QED) is 0.200. The lowest BCUT2D eigenvalue weighted by Crippen LogP contribution is -2.39. The summed E-state index contributed by atoms with van der Waals surface area (Å²) in [4.78, 5) is 39.1. The molecule has 12 N–H and O–H groups in total. The average Bonchev–Trinajstić information content (AvgIpc) is 2.52. The van der Waals surface area contributed by atoms with Crippen molar-refractivity contribution in [2.75, 3.05) is 6.54 Å². The van der Waals surface area contributed by atoms with Gasteiger partial charge in [-0.15, -0.1) is 0 Å². The van der Waals surface area contributed by atoms with Gasteiger partial charge in [0.05, 0.1) is 0 Å². The fraction of sp³-hybridized carbons (Fsp3) is 0.636. The highest BCUT2D eigenvalue weighted by Crippen LogP contribution is 1.93. The first-order valence-corrected chi connectivity index (χ1v) is 6.29. The molecule has 0 unspecified atom stereocenters. The van der Waals surface area contributed by atoms with Crippen molar-refractivity contribution in [2.24, 2.45) is 11.5 Å². The summed E-state index contributed by atoms with van der Waals surface area (Å²) in [6.45, 7) is 2.46. The van der Waals surface area contributed by atoms with Crippen molar-refractivity contribution in [3.05, 3.63) is 0 Å². The van der Waals surface area contributed by atoms with Crippen LogP contribution in [0.25, 0.3) is 0 Å². The molecule has 0 radical (unpaired) electrons. The second-order valence-electron chi connectivity index (χ2n) is 4.35. The van der Waals surface area contributed by atoms with Crippen molar-refractivity contribution in [2.45, 2.75) is 37.4 Å². The van der Waals surface area contributed by atoms with Gasteiger partial charge < -0.3 is 52.3 Å². The van der Waals surface area contributed by atoms with Crippen molar-refractivity contribution in [3.8, 4) is 0 Å². The topological polar surface area (TPSA) is 282 Å². The first-order chi connectivity index (χ1) is 11.2. The van der Waals surface area contributed by atoms with Gasteiger partial charge in [-0.3, -0.25) is 0 Å². The summed E-state index contributed by atoms with van der Waals surface area (Å²) in [5.41, 5.74) is 10.2. The molecule has 0 aromatic heterocycles. The molecule has 25 heavy (non-hydrogen) atoms. The zero-order chi connectivity index (χ0) is 20.9. The third-order valence-corrected chi connectivity index (χ3v) is 1.98. The van der Waals surface area contributed by atoms with E-state index in [4.69, 9.17) is 52.3 Å². The van der Waals surface area contributed by atoms with Crippen LogP contribution < -0.4 is 11.5 Å². The minimum absolute atomic E-state index is 0.162. The highest BCUT2D eigenvalue weighted by molar-refractivity contribution is 5.83. The number of hydrogen-bond acceptors (Lipinski definition) is 10. The first kappa shape index (κ1) is 27.5. The van der Waals surface area contributed by atoms with Crippen LogP contribution in [0.4, 0.5) is 0 Å². The standard InChI is InChI=1S/2C4H6O6.C3H10N2/c2*5-1(3(7)8)2(6)4(9)10;1-3(5)2-4/h2*1-2,5-6H,(H,7,8)(H,9,10);3H,2,4-5H2,1H3/t2*1-,2-;3-/m000/s1. The Hall–Kier alpha value is -2.36. The van der Waals surface area contributed by atoms with Gasteiger partial charge in [0.15, 0.2) is 24.4 Å². The van der Waals surface area contributed by atoms with E-state index in [0.29, 0.717) is 6.54 Å². The number of hydrogen-bond donors (Lipinski definition) is 10. The molecule has 148 valence electrons. The number of carbonyl (C=O) groups is 4. The highest BCUT2D eigenvalue weighted by Gasteiger charge is 2.30. The Morgan fingerprint density at radius 3 is 0.840 bits per heavy atom. The van der Waals surface area contributed by atoms with Gasteiger partial charge in [-0.25, -0.2) is 19.2 Å². The Morgan fingerprint density at radius 2 is 0.800 bits per heavy atom. The zero-order valence-electron chi connectivity index (χ0n) is 13.0. The molecule has 0 aliphatic heterocycles. The van der Waals surface area contributed by atoms with Crippen LogP contribution in [0.2, 0.25) is 0 Å². The molecule has 0 fully saturated rings. The lowest BCUT2D eigenvalue weighted by Gasteiger charge is -2.07. The Bertz CT molecular complexity index is 369. The highest BCUT2D eigenvalue weighted by atomic mass is 16.4. The van der Waals surface area contributed by atoms with Gasteiger partial charge in [0.2, 0.25) is 0 Å². The predicted molar refractivity (Wildman–Crippen MR) is 77.3 cm³/mol. The molecule has 0 spiro atoms. The summed E-state index contributed by atoms with van der Waals surface area (Å²) >= 11 is 0. The molecular formula is C11H22N2O12. The second kappa shape index (κ2) is 14.0. The summed E-state index contributed by atoms with van der Waals surface area (Å²) in [6, 6.07) is 0.162. The number of rotatable bonds is 7. The molecule has 14 nitrogen and oxygen atoms in total. The van der Waals surface area contributed by atoms with E-state index in [2.05, 4.69) is 0 Å².